The van der Waals surface area contributed by atoms with Gasteiger partial charge in [0.1, 0.15) is 11.5 Å². The number of carbonyl (C=O) groups excluding carboxylic acids is 1. The quantitative estimate of drug-likeness (QED) is 0.419. The Kier molecular flexibility index (Phi) is 6.69. The van der Waals surface area contributed by atoms with E-state index in [-0.39, 0.29) is 5.91 Å². The molecule has 0 bridgehead atoms. The molecule has 3 aromatic rings. The lowest BCUT2D eigenvalue weighted by Gasteiger charge is -2.10. The van der Waals surface area contributed by atoms with Crippen LogP contribution in [-0.4, -0.2) is 5.91 Å². The number of carbonyl (C=O) groups is 1. The zero-order valence-corrected chi connectivity index (χ0v) is 16.8. The van der Waals surface area contributed by atoms with Gasteiger partial charge in [-0.15, -0.1) is 0 Å². The Morgan fingerprint density at radius 1 is 1.00 bits per heavy atom. The summed E-state index contributed by atoms with van der Waals surface area (Å²) in [6, 6.07) is 21.9. The van der Waals surface area contributed by atoms with E-state index in [1.165, 1.54) is 5.39 Å². The summed E-state index contributed by atoms with van der Waals surface area (Å²) in [5, 5.41) is 5.23. The van der Waals surface area contributed by atoms with Gasteiger partial charge in [-0.2, -0.15) is 0 Å². The molecule has 3 rings (SSSR count). The first-order chi connectivity index (χ1) is 14.1. The summed E-state index contributed by atoms with van der Waals surface area (Å²) in [6.45, 7) is 4.17. The van der Waals surface area contributed by atoms with E-state index < -0.39 is 0 Å². The number of nitrogens with two attached hydrogens (primary N) is 1. The van der Waals surface area contributed by atoms with Crippen molar-refractivity contribution in [1.82, 2.24) is 5.32 Å². The Hall–Kier alpha value is -3.53. The molecule has 0 fully saturated rings. The SMILES string of the molecule is CC/C=C\C(C(=O)NCc1ccc(Oc2ccc3ccccc3c2)cc1)=C(/C)N. The Morgan fingerprint density at radius 3 is 2.38 bits per heavy atom. The van der Waals surface area contributed by atoms with E-state index in [9.17, 15) is 4.79 Å². The molecule has 0 aliphatic carbocycles. The van der Waals surface area contributed by atoms with Crippen LogP contribution in [0.1, 0.15) is 25.8 Å². The van der Waals surface area contributed by atoms with Crippen molar-refractivity contribution >= 4 is 16.7 Å². The van der Waals surface area contributed by atoms with Crippen LogP contribution in [0.15, 0.2) is 90.2 Å². The monoisotopic (exact) mass is 386 g/mol. The number of hydrogen-bond acceptors (Lipinski definition) is 3. The van der Waals surface area contributed by atoms with Crippen LogP contribution in [0.25, 0.3) is 10.8 Å². The summed E-state index contributed by atoms with van der Waals surface area (Å²) in [5.41, 5.74) is 7.82. The zero-order chi connectivity index (χ0) is 20.6. The molecule has 0 aliphatic rings. The lowest BCUT2D eigenvalue weighted by molar-refractivity contribution is -0.117. The standard InChI is InChI=1S/C25H26N2O2/c1-3-4-9-24(18(2)26)25(28)27-17-19-10-13-22(14-11-19)29-23-15-12-20-7-5-6-8-21(20)16-23/h4-16H,3,17,26H2,1-2H3,(H,27,28)/b9-4-,24-18-. The topological polar surface area (TPSA) is 64.3 Å². The van der Waals surface area contributed by atoms with Gasteiger partial charge in [-0.05, 0) is 53.9 Å². The molecular weight excluding hydrogens is 360 g/mol. The molecule has 1 amide bonds. The second kappa shape index (κ2) is 9.60. The molecule has 0 saturated carbocycles. The highest BCUT2D eigenvalue weighted by molar-refractivity contribution is 5.96. The van der Waals surface area contributed by atoms with Gasteiger partial charge in [0.15, 0.2) is 0 Å². The van der Waals surface area contributed by atoms with Gasteiger partial charge in [0.05, 0.1) is 5.57 Å². The summed E-state index contributed by atoms with van der Waals surface area (Å²) < 4.78 is 5.96. The fourth-order valence-electron chi connectivity index (χ4n) is 2.94. The van der Waals surface area contributed by atoms with Gasteiger partial charge in [0.2, 0.25) is 0 Å². The van der Waals surface area contributed by atoms with Crippen molar-refractivity contribution in [2.24, 2.45) is 5.73 Å². The lowest BCUT2D eigenvalue weighted by Crippen LogP contribution is -2.25. The predicted molar refractivity (Wildman–Crippen MR) is 119 cm³/mol. The van der Waals surface area contributed by atoms with Gasteiger partial charge in [-0.3, -0.25) is 4.79 Å². The first-order valence-electron chi connectivity index (χ1n) is 9.73. The molecule has 0 atom stereocenters. The molecule has 3 N–H and O–H groups in total. The Bertz CT molecular complexity index is 1050. The average molecular weight is 386 g/mol. The van der Waals surface area contributed by atoms with Crippen LogP contribution in [0.4, 0.5) is 0 Å². The molecule has 148 valence electrons. The third-order valence-corrected chi connectivity index (χ3v) is 4.52. The summed E-state index contributed by atoms with van der Waals surface area (Å²) in [6.07, 6.45) is 4.54. The maximum atomic E-state index is 12.4. The largest absolute Gasteiger partial charge is 0.457 e. The van der Waals surface area contributed by atoms with E-state index in [1.807, 2.05) is 67.6 Å². The molecule has 0 spiro atoms. The van der Waals surface area contributed by atoms with Crippen LogP contribution in [0.2, 0.25) is 0 Å². The van der Waals surface area contributed by atoms with Gasteiger partial charge in [-0.1, -0.05) is 61.5 Å². The minimum absolute atomic E-state index is 0.175. The third-order valence-electron chi connectivity index (χ3n) is 4.52. The highest BCUT2D eigenvalue weighted by Gasteiger charge is 2.08. The number of hydrogen-bond donors (Lipinski definition) is 2. The molecule has 4 nitrogen and oxygen atoms in total. The molecular formula is C25H26N2O2. The first kappa shape index (κ1) is 20.2. The van der Waals surface area contributed by atoms with Crippen molar-refractivity contribution in [3.8, 4) is 11.5 Å². The minimum Gasteiger partial charge on any atom is -0.457 e. The Morgan fingerprint density at radius 2 is 1.69 bits per heavy atom. The summed E-state index contributed by atoms with van der Waals surface area (Å²) in [4.78, 5) is 12.4. The van der Waals surface area contributed by atoms with E-state index in [0.29, 0.717) is 17.8 Å². The molecule has 4 heteroatoms. The summed E-state index contributed by atoms with van der Waals surface area (Å²) in [7, 11) is 0. The van der Waals surface area contributed by atoms with Gasteiger partial charge in [0.25, 0.3) is 5.91 Å². The van der Waals surface area contributed by atoms with Crippen LogP contribution in [0, 0.1) is 0 Å². The van der Waals surface area contributed by atoms with E-state index >= 15 is 0 Å². The molecule has 0 unspecified atom stereocenters. The van der Waals surface area contributed by atoms with Crippen molar-refractivity contribution in [3.63, 3.8) is 0 Å². The van der Waals surface area contributed by atoms with E-state index in [0.717, 1.165) is 28.9 Å². The van der Waals surface area contributed by atoms with E-state index in [4.69, 9.17) is 10.5 Å². The van der Waals surface area contributed by atoms with Gasteiger partial charge >= 0.3 is 0 Å². The number of benzene rings is 3. The number of rotatable bonds is 7. The van der Waals surface area contributed by atoms with E-state index in [2.05, 4.69) is 17.4 Å². The van der Waals surface area contributed by atoms with Gasteiger partial charge < -0.3 is 15.8 Å². The average Bonchev–Trinajstić information content (AvgIpc) is 2.73. The number of fused-ring (bicyclic) bond motifs is 1. The lowest BCUT2D eigenvalue weighted by atomic mass is 10.1. The van der Waals surface area contributed by atoms with Crippen LogP contribution < -0.4 is 15.8 Å². The van der Waals surface area contributed by atoms with E-state index in [1.54, 1.807) is 13.0 Å². The maximum Gasteiger partial charge on any atom is 0.253 e. The fourth-order valence-corrected chi connectivity index (χ4v) is 2.94. The summed E-state index contributed by atoms with van der Waals surface area (Å²) in [5.74, 6) is 1.37. The number of nitrogens with one attached hydrogen (secondary N) is 1. The normalized spacial score (nSPS) is 12.1. The van der Waals surface area contributed by atoms with Crippen molar-refractivity contribution < 1.29 is 9.53 Å². The highest BCUT2D eigenvalue weighted by Crippen LogP contribution is 2.25. The Labute approximate surface area is 171 Å². The maximum absolute atomic E-state index is 12.4. The van der Waals surface area contributed by atoms with Crippen molar-refractivity contribution in [2.45, 2.75) is 26.8 Å². The Balaban J connectivity index is 1.61. The summed E-state index contributed by atoms with van der Waals surface area (Å²) >= 11 is 0. The molecule has 0 aliphatic heterocycles. The number of ether oxygens (including phenoxy) is 1. The molecule has 3 aromatic carbocycles. The fraction of sp³-hybridized carbons (Fsp3) is 0.160. The van der Waals surface area contributed by atoms with Crippen molar-refractivity contribution in [2.75, 3.05) is 0 Å². The first-order valence-corrected chi connectivity index (χ1v) is 9.73. The van der Waals surface area contributed by atoms with Gasteiger partial charge in [-0.25, -0.2) is 0 Å². The molecule has 0 radical (unpaired) electrons. The van der Waals surface area contributed by atoms with Crippen LogP contribution >= 0.6 is 0 Å². The third kappa shape index (κ3) is 5.48. The molecule has 29 heavy (non-hydrogen) atoms. The zero-order valence-electron chi connectivity index (χ0n) is 16.8. The predicted octanol–water partition coefficient (Wildman–Crippen LogP) is 5.45. The van der Waals surface area contributed by atoms with Crippen LogP contribution in [-0.2, 0) is 11.3 Å². The minimum atomic E-state index is -0.175. The van der Waals surface area contributed by atoms with Crippen molar-refractivity contribution in [1.29, 1.82) is 0 Å². The molecule has 0 aromatic heterocycles. The second-order valence-electron chi connectivity index (χ2n) is 6.84. The van der Waals surface area contributed by atoms with Crippen molar-refractivity contribution in [3.05, 3.63) is 95.7 Å². The smallest absolute Gasteiger partial charge is 0.253 e. The number of amides is 1. The second-order valence-corrected chi connectivity index (χ2v) is 6.84. The number of allylic oxidation sites excluding steroid dienone is 2. The van der Waals surface area contributed by atoms with Crippen LogP contribution in [0.5, 0.6) is 11.5 Å². The van der Waals surface area contributed by atoms with Gasteiger partial charge in [0, 0.05) is 12.2 Å². The molecule has 0 heterocycles. The highest BCUT2D eigenvalue weighted by atomic mass is 16.5. The van der Waals surface area contributed by atoms with Crippen LogP contribution in [0.3, 0.4) is 0 Å². The molecule has 0 saturated heterocycles.